The second-order valence-corrected chi connectivity index (χ2v) is 5.41. The highest BCUT2D eigenvalue weighted by atomic mass is 32.2. The molecule has 1 heterocycles. The summed E-state index contributed by atoms with van der Waals surface area (Å²) in [6.45, 7) is 3.72. The first kappa shape index (κ1) is 13.5. The molecule has 5 nitrogen and oxygen atoms in total. The van der Waals surface area contributed by atoms with Crippen molar-refractivity contribution in [3.63, 3.8) is 0 Å². The molecule has 100 valence electrons. The Bertz CT molecular complexity index is 569. The summed E-state index contributed by atoms with van der Waals surface area (Å²) in [7, 11) is 0. The second-order valence-electron chi connectivity index (χ2n) is 4.12. The second kappa shape index (κ2) is 5.79. The van der Waals surface area contributed by atoms with E-state index < -0.39 is 0 Å². The topological polar surface area (TPSA) is 81.1 Å². The fourth-order valence-electron chi connectivity index (χ4n) is 1.48. The van der Waals surface area contributed by atoms with E-state index in [1.54, 1.807) is 25.3 Å². The molecule has 2 rings (SSSR count). The molecule has 1 unspecified atom stereocenters. The molecule has 0 spiro atoms. The van der Waals surface area contributed by atoms with Gasteiger partial charge in [-0.3, -0.25) is 4.79 Å². The summed E-state index contributed by atoms with van der Waals surface area (Å²) >= 11 is 1.27. The number of aryl methyl sites for hydroxylation is 1. The predicted molar refractivity (Wildman–Crippen MR) is 76.0 cm³/mol. The number of hydrogen-bond donors (Lipinski definition) is 2. The fourth-order valence-corrected chi connectivity index (χ4v) is 2.18. The Balaban J connectivity index is 2.02. The van der Waals surface area contributed by atoms with Crippen molar-refractivity contribution >= 4 is 29.0 Å². The minimum atomic E-state index is -0.306. The Morgan fingerprint density at radius 3 is 3.00 bits per heavy atom. The molecule has 0 fully saturated rings. The van der Waals surface area contributed by atoms with Gasteiger partial charge in [0, 0.05) is 11.4 Å². The lowest BCUT2D eigenvalue weighted by atomic mass is 10.2. The van der Waals surface area contributed by atoms with E-state index in [1.165, 1.54) is 18.0 Å². The van der Waals surface area contributed by atoms with Gasteiger partial charge in [0.1, 0.15) is 6.26 Å². The molecule has 6 heteroatoms. The van der Waals surface area contributed by atoms with E-state index in [2.05, 4.69) is 10.3 Å². The lowest BCUT2D eigenvalue weighted by Gasteiger charge is -2.12. The molecule has 0 bridgehead atoms. The van der Waals surface area contributed by atoms with E-state index in [0.29, 0.717) is 10.9 Å². The van der Waals surface area contributed by atoms with Crippen LogP contribution in [-0.2, 0) is 4.79 Å². The van der Waals surface area contributed by atoms with Gasteiger partial charge < -0.3 is 15.5 Å². The molecule has 2 aromatic rings. The minimum absolute atomic E-state index is 0.114. The third kappa shape index (κ3) is 3.51. The first-order valence-electron chi connectivity index (χ1n) is 5.79. The van der Waals surface area contributed by atoms with Crippen LogP contribution in [0.2, 0.25) is 0 Å². The Hall–Kier alpha value is -1.95. The molecule has 0 aliphatic heterocycles. The zero-order chi connectivity index (χ0) is 13.8. The monoisotopic (exact) mass is 277 g/mol. The highest BCUT2D eigenvalue weighted by Crippen LogP contribution is 2.24. The largest absolute Gasteiger partial charge is 0.440 e. The van der Waals surface area contributed by atoms with E-state index in [1.807, 2.05) is 13.0 Å². The van der Waals surface area contributed by atoms with Crippen LogP contribution in [0.4, 0.5) is 11.4 Å². The van der Waals surface area contributed by atoms with Gasteiger partial charge in [0.15, 0.2) is 0 Å². The van der Waals surface area contributed by atoms with Crippen LogP contribution in [0.25, 0.3) is 0 Å². The van der Waals surface area contributed by atoms with Crippen molar-refractivity contribution < 1.29 is 9.21 Å². The molecule has 1 aromatic heterocycles. The van der Waals surface area contributed by atoms with Gasteiger partial charge in [-0.15, -0.1) is 0 Å². The lowest BCUT2D eigenvalue weighted by molar-refractivity contribution is -0.115. The summed E-state index contributed by atoms with van der Waals surface area (Å²) < 4.78 is 5.10. The molecule has 0 saturated heterocycles. The first-order chi connectivity index (χ1) is 9.06. The third-order valence-electron chi connectivity index (χ3n) is 2.58. The number of nitrogens with one attached hydrogen (secondary N) is 1. The van der Waals surface area contributed by atoms with E-state index in [4.69, 9.17) is 10.2 Å². The van der Waals surface area contributed by atoms with Crippen LogP contribution in [0.3, 0.4) is 0 Å². The first-order valence-corrected chi connectivity index (χ1v) is 6.67. The molecule has 0 aliphatic carbocycles. The number of hydrogen-bond acceptors (Lipinski definition) is 5. The molecule has 1 aromatic carbocycles. The van der Waals surface area contributed by atoms with Crippen LogP contribution < -0.4 is 11.1 Å². The van der Waals surface area contributed by atoms with Crippen LogP contribution in [-0.4, -0.2) is 16.1 Å². The fraction of sp³-hybridized carbons (Fsp3) is 0.231. The number of oxazole rings is 1. The summed E-state index contributed by atoms with van der Waals surface area (Å²) in [5.41, 5.74) is 8.02. The molecule has 0 radical (unpaired) electrons. The Morgan fingerprint density at radius 2 is 2.32 bits per heavy atom. The van der Waals surface area contributed by atoms with Crippen molar-refractivity contribution in [1.82, 2.24) is 4.98 Å². The lowest BCUT2D eigenvalue weighted by Crippen LogP contribution is -2.22. The van der Waals surface area contributed by atoms with Crippen molar-refractivity contribution in [3.8, 4) is 0 Å². The van der Waals surface area contributed by atoms with Crippen molar-refractivity contribution in [2.24, 2.45) is 0 Å². The SMILES string of the molecule is Cc1ccc(N)cc1NC(=O)C(C)Sc1ncco1. The van der Waals surface area contributed by atoms with Crippen molar-refractivity contribution in [1.29, 1.82) is 0 Å². The smallest absolute Gasteiger partial charge is 0.256 e. The van der Waals surface area contributed by atoms with Gasteiger partial charge >= 0.3 is 0 Å². The molecular formula is C13H15N3O2S. The number of thioether (sulfide) groups is 1. The maximum atomic E-state index is 12.1. The van der Waals surface area contributed by atoms with Gasteiger partial charge in [-0.05, 0) is 31.5 Å². The quantitative estimate of drug-likeness (QED) is 0.663. The average Bonchev–Trinajstić information content (AvgIpc) is 2.86. The standard InChI is InChI=1S/C13H15N3O2S/c1-8-3-4-10(14)7-11(8)16-12(17)9(2)19-13-15-5-6-18-13/h3-7,9H,14H2,1-2H3,(H,16,17). The van der Waals surface area contributed by atoms with Crippen molar-refractivity contribution in [3.05, 3.63) is 36.2 Å². The number of carbonyl (C=O) groups excluding carboxylic acids is 1. The minimum Gasteiger partial charge on any atom is -0.440 e. The number of rotatable bonds is 4. The number of nitrogen functional groups attached to an aromatic ring is 1. The predicted octanol–water partition coefficient (Wildman–Crippen LogP) is 2.68. The number of aromatic nitrogens is 1. The van der Waals surface area contributed by atoms with Crippen LogP contribution in [0.5, 0.6) is 0 Å². The number of anilines is 2. The zero-order valence-corrected chi connectivity index (χ0v) is 11.5. The maximum Gasteiger partial charge on any atom is 0.256 e. The summed E-state index contributed by atoms with van der Waals surface area (Å²) in [6, 6.07) is 5.42. The van der Waals surface area contributed by atoms with Gasteiger partial charge in [-0.1, -0.05) is 17.8 Å². The summed E-state index contributed by atoms with van der Waals surface area (Å²) in [6.07, 6.45) is 3.03. The van der Waals surface area contributed by atoms with Crippen LogP contribution >= 0.6 is 11.8 Å². The summed E-state index contributed by atoms with van der Waals surface area (Å²) in [4.78, 5) is 16.0. The summed E-state index contributed by atoms with van der Waals surface area (Å²) in [5, 5.41) is 3.03. The summed E-state index contributed by atoms with van der Waals surface area (Å²) in [5.74, 6) is -0.114. The molecule has 3 N–H and O–H groups in total. The number of carbonyl (C=O) groups is 1. The molecule has 1 atom stereocenters. The average molecular weight is 277 g/mol. The van der Waals surface area contributed by atoms with Crippen molar-refractivity contribution in [2.45, 2.75) is 24.3 Å². The van der Waals surface area contributed by atoms with Crippen LogP contribution in [0.15, 0.2) is 40.3 Å². The molecule has 0 aliphatic rings. The van der Waals surface area contributed by atoms with E-state index in [-0.39, 0.29) is 11.2 Å². The van der Waals surface area contributed by atoms with Crippen LogP contribution in [0.1, 0.15) is 12.5 Å². The van der Waals surface area contributed by atoms with Gasteiger partial charge in [0.25, 0.3) is 5.22 Å². The number of amides is 1. The Labute approximate surface area is 115 Å². The number of nitrogens with zero attached hydrogens (tertiary/aromatic N) is 1. The van der Waals surface area contributed by atoms with Gasteiger partial charge in [-0.2, -0.15) is 0 Å². The number of benzene rings is 1. The molecule has 1 amide bonds. The molecule has 19 heavy (non-hydrogen) atoms. The maximum absolute atomic E-state index is 12.1. The van der Waals surface area contributed by atoms with Gasteiger partial charge in [-0.25, -0.2) is 4.98 Å². The van der Waals surface area contributed by atoms with E-state index >= 15 is 0 Å². The van der Waals surface area contributed by atoms with E-state index in [9.17, 15) is 4.79 Å². The highest BCUT2D eigenvalue weighted by molar-refractivity contribution is 8.00. The highest BCUT2D eigenvalue weighted by Gasteiger charge is 2.17. The third-order valence-corrected chi connectivity index (χ3v) is 3.55. The Kier molecular flexibility index (Phi) is 4.11. The van der Waals surface area contributed by atoms with Crippen molar-refractivity contribution in [2.75, 3.05) is 11.1 Å². The normalized spacial score (nSPS) is 12.1. The molecular weight excluding hydrogens is 262 g/mol. The van der Waals surface area contributed by atoms with Gasteiger partial charge in [0.2, 0.25) is 5.91 Å². The zero-order valence-electron chi connectivity index (χ0n) is 10.7. The van der Waals surface area contributed by atoms with Crippen LogP contribution in [0, 0.1) is 6.92 Å². The van der Waals surface area contributed by atoms with E-state index in [0.717, 1.165) is 11.3 Å². The Morgan fingerprint density at radius 1 is 1.53 bits per heavy atom. The molecule has 0 saturated carbocycles. The number of nitrogens with two attached hydrogens (primary N) is 1. The van der Waals surface area contributed by atoms with Gasteiger partial charge in [0.05, 0.1) is 11.4 Å².